The maximum absolute atomic E-state index is 14.8. The Kier molecular flexibility index (Phi) is 8.53. The van der Waals surface area contributed by atoms with E-state index >= 15 is 0 Å². The summed E-state index contributed by atoms with van der Waals surface area (Å²) in [6.07, 6.45) is -9.40. The first kappa shape index (κ1) is 32.5. The second-order valence-electron chi connectivity index (χ2n) is 11.6. The average Bonchev–Trinajstić information content (AvgIpc) is 3.14. The van der Waals surface area contributed by atoms with Gasteiger partial charge in [-0.05, 0) is 34.4 Å². The zero-order valence-electron chi connectivity index (χ0n) is 26.2. The summed E-state index contributed by atoms with van der Waals surface area (Å²) in [5, 5.41) is 0. The average molecular weight is 673 g/mol. The van der Waals surface area contributed by atoms with Crippen molar-refractivity contribution >= 4 is 0 Å². The second kappa shape index (κ2) is 13.1. The molecule has 0 spiro atoms. The fraction of sp³-hybridized carbons (Fsp3) is 0.0476. The maximum atomic E-state index is 14.8. The third-order valence-electron chi connectivity index (χ3n) is 8.35. The minimum absolute atomic E-state index is 0.0181. The van der Waals surface area contributed by atoms with Crippen molar-refractivity contribution in [1.29, 1.82) is 0 Å². The van der Waals surface area contributed by atoms with E-state index in [9.17, 15) is 26.3 Å². The third kappa shape index (κ3) is 6.52. The van der Waals surface area contributed by atoms with E-state index in [0.29, 0.717) is 44.8 Å². The van der Waals surface area contributed by atoms with Crippen LogP contribution in [-0.4, -0.2) is 9.97 Å². The van der Waals surface area contributed by atoms with Crippen LogP contribution in [0.5, 0.6) is 0 Å². The summed E-state index contributed by atoms with van der Waals surface area (Å²) in [5.41, 5.74) is 0.911. The molecule has 0 aliphatic carbocycles. The van der Waals surface area contributed by atoms with Crippen LogP contribution in [0.3, 0.4) is 0 Å². The number of hydrogen-bond donors (Lipinski definition) is 0. The molecule has 0 saturated heterocycles. The quantitative estimate of drug-likeness (QED) is 0.164. The predicted octanol–water partition coefficient (Wildman–Crippen LogP) is 12.5. The molecule has 0 N–H and O–H groups in total. The van der Waals surface area contributed by atoms with Gasteiger partial charge in [0, 0.05) is 22.3 Å². The van der Waals surface area contributed by atoms with E-state index in [-0.39, 0.29) is 22.5 Å². The lowest BCUT2D eigenvalue weighted by molar-refractivity contribution is -0.137. The van der Waals surface area contributed by atoms with Gasteiger partial charge in [-0.3, -0.25) is 0 Å². The van der Waals surface area contributed by atoms with Gasteiger partial charge >= 0.3 is 12.4 Å². The zero-order valence-corrected chi connectivity index (χ0v) is 26.2. The van der Waals surface area contributed by atoms with Crippen LogP contribution in [0.2, 0.25) is 0 Å². The summed E-state index contributed by atoms with van der Waals surface area (Å²) < 4.78 is 88.5. The zero-order chi connectivity index (χ0) is 34.9. The predicted molar refractivity (Wildman–Crippen MR) is 185 cm³/mol. The van der Waals surface area contributed by atoms with Crippen molar-refractivity contribution in [2.75, 3.05) is 0 Å². The van der Waals surface area contributed by atoms with Crippen LogP contribution in [0.25, 0.3) is 67.3 Å². The second-order valence-corrected chi connectivity index (χ2v) is 11.6. The lowest BCUT2D eigenvalue weighted by Gasteiger charge is -2.20. The first-order valence-corrected chi connectivity index (χ1v) is 15.6. The Balaban J connectivity index is 1.41. The van der Waals surface area contributed by atoms with E-state index in [4.69, 9.17) is 0 Å². The molecule has 0 atom stereocenters. The lowest BCUT2D eigenvalue weighted by Crippen LogP contribution is -2.12. The largest absolute Gasteiger partial charge is 0.419 e. The molecule has 2 aromatic heterocycles. The summed E-state index contributed by atoms with van der Waals surface area (Å²) in [6.45, 7) is 0. The molecule has 50 heavy (non-hydrogen) atoms. The number of hydrogen-bond acceptors (Lipinski definition) is 2. The topological polar surface area (TPSA) is 25.8 Å². The molecule has 7 rings (SSSR count). The number of aromatic nitrogens is 2. The smallest absolute Gasteiger partial charge is 0.247 e. The third-order valence-corrected chi connectivity index (χ3v) is 8.35. The Bertz CT molecular complexity index is 1960. The fourth-order valence-electron chi connectivity index (χ4n) is 6.07. The molecule has 2 nitrogen and oxygen atoms in total. The minimum atomic E-state index is -4.70. The van der Waals surface area contributed by atoms with Gasteiger partial charge in [0.1, 0.15) is 0 Å². The summed E-state index contributed by atoms with van der Waals surface area (Å²) in [6, 6.07) is 42.7. The van der Waals surface area contributed by atoms with Gasteiger partial charge in [0.2, 0.25) is 0 Å². The summed E-state index contributed by atoms with van der Waals surface area (Å²) in [7, 11) is 0. The molecular weight excluding hydrogens is 646 g/mol. The van der Waals surface area contributed by atoms with E-state index < -0.39 is 23.5 Å². The van der Waals surface area contributed by atoms with E-state index in [1.165, 1.54) is 12.1 Å². The Labute approximate surface area is 284 Å². The molecule has 0 aliphatic heterocycles. The molecule has 0 radical (unpaired) electrons. The van der Waals surface area contributed by atoms with Crippen molar-refractivity contribution in [3.8, 4) is 67.3 Å². The molecular formula is C42H26F6N2. The van der Waals surface area contributed by atoms with E-state index in [2.05, 4.69) is 9.97 Å². The van der Waals surface area contributed by atoms with Gasteiger partial charge in [-0.15, -0.1) is 0 Å². The van der Waals surface area contributed by atoms with Crippen LogP contribution in [0, 0.1) is 0 Å². The highest BCUT2D eigenvalue weighted by atomic mass is 19.4. The standard InChI is InChI=1S/C42H26F6N2/c43-41(44,45)37-33(27-13-5-1-6-14-27)25-35(49-39(37)31-17-9-3-10-18-31)29-21-23-30(24-22-29)36-26-34(28-15-7-2-8-16-28)38(42(46,47)48)40(50-36)32-19-11-4-12-20-32/h1-26H. The van der Waals surface area contributed by atoms with Crippen molar-refractivity contribution in [3.63, 3.8) is 0 Å². The molecule has 0 amide bonds. The van der Waals surface area contributed by atoms with Gasteiger partial charge in [0.15, 0.2) is 0 Å². The Hall–Kier alpha value is -6.02. The lowest BCUT2D eigenvalue weighted by atomic mass is 9.92. The normalized spacial score (nSPS) is 11.8. The molecule has 246 valence electrons. The number of alkyl halides is 6. The number of benzene rings is 5. The van der Waals surface area contributed by atoms with Crippen LogP contribution in [0.4, 0.5) is 26.3 Å². The minimum Gasteiger partial charge on any atom is -0.247 e. The molecule has 0 saturated carbocycles. The van der Waals surface area contributed by atoms with Gasteiger partial charge in [-0.25, -0.2) is 9.97 Å². The highest BCUT2D eigenvalue weighted by Gasteiger charge is 2.39. The van der Waals surface area contributed by atoms with Crippen LogP contribution < -0.4 is 0 Å². The number of nitrogens with zero attached hydrogens (tertiary/aromatic N) is 2. The molecule has 0 aliphatic rings. The molecule has 2 heterocycles. The first-order chi connectivity index (χ1) is 24.1. The fourth-order valence-corrected chi connectivity index (χ4v) is 6.07. The van der Waals surface area contributed by atoms with Crippen molar-refractivity contribution in [1.82, 2.24) is 9.97 Å². The highest BCUT2D eigenvalue weighted by Crippen LogP contribution is 2.46. The monoisotopic (exact) mass is 672 g/mol. The van der Waals surface area contributed by atoms with Crippen molar-refractivity contribution in [2.45, 2.75) is 12.4 Å². The van der Waals surface area contributed by atoms with Crippen LogP contribution in [0.15, 0.2) is 158 Å². The first-order valence-electron chi connectivity index (χ1n) is 15.6. The number of halogens is 6. The SMILES string of the molecule is FC(F)(F)c1c(-c2ccccc2)cc(-c2ccc(-c3cc(-c4ccccc4)c(C(F)(F)F)c(-c4ccccc4)n3)cc2)nc1-c1ccccc1. The Morgan fingerprint density at radius 1 is 0.320 bits per heavy atom. The van der Waals surface area contributed by atoms with E-state index in [1.807, 2.05) is 0 Å². The van der Waals surface area contributed by atoms with Gasteiger partial charge in [-0.1, -0.05) is 146 Å². The maximum Gasteiger partial charge on any atom is 0.419 e. The number of pyridine rings is 2. The van der Waals surface area contributed by atoms with Crippen LogP contribution >= 0.6 is 0 Å². The molecule has 0 unspecified atom stereocenters. The van der Waals surface area contributed by atoms with Crippen molar-refractivity contribution in [2.24, 2.45) is 0 Å². The van der Waals surface area contributed by atoms with E-state index in [0.717, 1.165) is 0 Å². The summed E-state index contributed by atoms with van der Waals surface area (Å²) >= 11 is 0. The summed E-state index contributed by atoms with van der Waals surface area (Å²) in [4.78, 5) is 9.11. The Morgan fingerprint density at radius 2 is 0.600 bits per heavy atom. The van der Waals surface area contributed by atoms with Crippen molar-refractivity contribution in [3.05, 3.63) is 169 Å². The van der Waals surface area contributed by atoms with E-state index in [1.54, 1.807) is 146 Å². The summed E-state index contributed by atoms with van der Waals surface area (Å²) in [5.74, 6) is 0. The van der Waals surface area contributed by atoms with Gasteiger partial charge in [0.05, 0.1) is 33.9 Å². The number of rotatable bonds is 6. The molecule has 8 heteroatoms. The van der Waals surface area contributed by atoms with Crippen LogP contribution in [-0.2, 0) is 12.4 Å². The molecule has 5 aromatic carbocycles. The van der Waals surface area contributed by atoms with Crippen molar-refractivity contribution < 1.29 is 26.3 Å². The highest BCUT2D eigenvalue weighted by molar-refractivity contribution is 5.84. The molecule has 7 aromatic rings. The van der Waals surface area contributed by atoms with Gasteiger partial charge in [-0.2, -0.15) is 26.3 Å². The Morgan fingerprint density at radius 3 is 0.880 bits per heavy atom. The van der Waals surface area contributed by atoms with Gasteiger partial charge in [0.25, 0.3) is 0 Å². The molecule has 0 fully saturated rings. The van der Waals surface area contributed by atoms with Gasteiger partial charge < -0.3 is 0 Å². The molecule has 0 bridgehead atoms. The van der Waals surface area contributed by atoms with Crippen LogP contribution in [0.1, 0.15) is 11.1 Å².